The molecule has 0 atom stereocenters. The summed E-state index contributed by atoms with van der Waals surface area (Å²) in [5, 5.41) is 9.00. The van der Waals surface area contributed by atoms with Gasteiger partial charge in [0.2, 0.25) is 0 Å². The molecule has 0 saturated carbocycles. The summed E-state index contributed by atoms with van der Waals surface area (Å²) in [5.74, 6) is 0. The molecule has 3 nitrogen and oxygen atoms in total. The van der Waals surface area contributed by atoms with Crippen molar-refractivity contribution < 1.29 is 5.11 Å². The first-order valence-corrected chi connectivity index (χ1v) is 5.06. The molecule has 16 heavy (non-hydrogen) atoms. The van der Waals surface area contributed by atoms with Gasteiger partial charge in [-0.15, -0.1) is 0 Å². The van der Waals surface area contributed by atoms with Crippen molar-refractivity contribution in [3.8, 4) is 11.1 Å². The Morgan fingerprint density at radius 2 is 1.56 bits per heavy atom. The molecule has 2 aromatic rings. The molecule has 0 heterocycles. The molecule has 0 fully saturated rings. The maximum absolute atomic E-state index is 9.00. The van der Waals surface area contributed by atoms with Crippen LogP contribution in [-0.2, 0) is 6.61 Å². The third kappa shape index (κ3) is 1.85. The fourth-order valence-corrected chi connectivity index (χ4v) is 1.70. The summed E-state index contributed by atoms with van der Waals surface area (Å²) in [6, 6.07) is 13.1. The summed E-state index contributed by atoms with van der Waals surface area (Å²) in [6.45, 7) is -0.00521. The lowest BCUT2D eigenvalue weighted by molar-refractivity contribution is 0.282. The zero-order valence-electron chi connectivity index (χ0n) is 8.85. The predicted molar refractivity (Wildman–Crippen MR) is 66.6 cm³/mol. The highest BCUT2D eigenvalue weighted by Crippen LogP contribution is 2.30. The number of aliphatic hydroxyl groups excluding tert-OH is 1. The fraction of sp³-hybridized carbons (Fsp3) is 0.0769. The Hall–Kier alpha value is -2.00. The van der Waals surface area contributed by atoms with E-state index in [1.54, 1.807) is 6.07 Å². The Bertz CT molecular complexity index is 509. The molecule has 0 aromatic heterocycles. The fourth-order valence-electron chi connectivity index (χ4n) is 1.70. The number of hydrogen-bond donors (Lipinski definition) is 3. The minimum atomic E-state index is -0.00521. The number of nitrogens with two attached hydrogens (primary N) is 2. The van der Waals surface area contributed by atoms with Crippen molar-refractivity contribution in [2.75, 3.05) is 11.5 Å². The molecule has 0 radical (unpaired) electrons. The molecule has 0 aliphatic carbocycles. The smallest absolute Gasteiger partial charge is 0.0682 e. The van der Waals surface area contributed by atoms with Crippen LogP contribution in [0.25, 0.3) is 11.1 Å². The number of aliphatic hydroxyl groups is 1. The van der Waals surface area contributed by atoms with E-state index in [1.165, 1.54) is 0 Å². The highest BCUT2D eigenvalue weighted by atomic mass is 16.3. The number of benzene rings is 2. The van der Waals surface area contributed by atoms with Gasteiger partial charge in [0.05, 0.1) is 6.61 Å². The first kappa shape index (κ1) is 10.5. The predicted octanol–water partition coefficient (Wildman–Crippen LogP) is 2.01. The molecule has 82 valence electrons. The lowest BCUT2D eigenvalue weighted by atomic mass is 10.0. The number of rotatable bonds is 2. The summed E-state index contributed by atoms with van der Waals surface area (Å²) < 4.78 is 0. The number of nitrogen functional groups attached to an aromatic ring is 2. The van der Waals surface area contributed by atoms with Gasteiger partial charge in [0.1, 0.15) is 0 Å². The molecule has 3 heteroatoms. The van der Waals surface area contributed by atoms with Crippen LogP contribution in [0.2, 0.25) is 0 Å². The minimum absolute atomic E-state index is 0.00521. The van der Waals surface area contributed by atoms with Crippen molar-refractivity contribution >= 4 is 11.4 Å². The van der Waals surface area contributed by atoms with Crippen LogP contribution in [-0.4, -0.2) is 5.11 Å². The van der Waals surface area contributed by atoms with E-state index in [0.29, 0.717) is 11.4 Å². The van der Waals surface area contributed by atoms with Crippen LogP contribution in [0.5, 0.6) is 0 Å². The third-order valence-electron chi connectivity index (χ3n) is 2.55. The largest absolute Gasteiger partial charge is 0.398 e. The van der Waals surface area contributed by atoms with Crippen molar-refractivity contribution in [3.63, 3.8) is 0 Å². The normalized spacial score (nSPS) is 10.3. The standard InChI is InChI=1S/C13H14N2O/c14-12-4-2-1-3-10(12)11-6-5-9(8-16)7-13(11)15/h1-7,16H,8,14-15H2. The van der Waals surface area contributed by atoms with Crippen LogP contribution in [0, 0.1) is 0 Å². The summed E-state index contributed by atoms with van der Waals surface area (Å²) >= 11 is 0. The van der Waals surface area contributed by atoms with Gasteiger partial charge in [-0.1, -0.05) is 30.3 Å². The second-order valence-electron chi connectivity index (χ2n) is 3.67. The van der Waals surface area contributed by atoms with Crippen molar-refractivity contribution in [1.82, 2.24) is 0 Å². The molecule has 2 rings (SSSR count). The zero-order chi connectivity index (χ0) is 11.5. The second-order valence-corrected chi connectivity index (χ2v) is 3.67. The number of anilines is 2. The van der Waals surface area contributed by atoms with E-state index in [0.717, 1.165) is 16.7 Å². The first-order chi connectivity index (χ1) is 7.72. The first-order valence-electron chi connectivity index (χ1n) is 5.06. The maximum Gasteiger partial charge on any atom is 0.0682 e. The van der Waals surface area contributed by atoms with Gasteiger partial charge < -0.3 is 16.6 Å². The molecule has 0 spiro atoms. The van der Waals surface area contributed by atoms with E-state index in [2.05, 4.69) is 0 Å². The van der Waals surface area contributed by atoms with Gasteiger partial charge in [0.25, 0.3) is 0 Å². The van der Waals surface area contributed by atoms with Crippen LogP contribution in [0.4, 0.5) is 11.4 Å². The van der Waals surface area contributed by atoms with E-state index in [1.807, 2.05) is 36.4 Å². The minimum Gasteiger partial charge on any atom is -0.398 e. The van der Waals surface area contributed by atoms with Gasteiger partial charge in [0.15, 0.2) is 0 Å². The SMILES string of the molecule is Nc1ccccc1-c1ccc(CO)cc1N. The summed E-state index contributed by atoms with van der Waals surface area (Å²) in [7, 11) is 0. The van der Waals surface area contributed by atoms with Crippen LogP contribution in [0.15, 0.2) is 42.5 Å². The van der Waals surface area contributed by atoms with Gasteiger partial charge in [-0.05, 0) is 17.7 Å². The maximum atomic E-state index is 9.00. The van der Waals surface area contributed by atoms with Crippen molar-refractivity contribution in [2.24, 2.45) is 0 Å². The third-order valence-corrected chi connectivity index (χ3v) is 2.55. The Labute approximate surface area is 94.3 Å². The Kier molecular flexibility index (Phi) is 2.79. The van der Waals surface area contributed by atoms with Gasteiger partial charge >= 0.3 is 0 Å². The molecular weight excluding hydrogens is 200 g/mol. The lowest BCUT2D eigenvalue weighted by Crippen LogP contribution is -1.95. The van der Waals surface area contributed by atoms with Crippen LogP contribution < -0.4 is 11.5 Å². The molecule has 0 saturated heterocycles. The van der Waals surface area contributed by atoms with E-state index in [9.17, 15) is 0 Å². The Morgan fingerprint density at radius 3 is 2.19 bits per heavy atom. The molecule has 2 aromatic carbocycles. The van der Waals surface area contributed by atoms with Crippen molar-refractivity contribution in [3.05, 3.63) is 48.0 Å². The summed E-state index contributed by atoms with van der Waals surface area (Å²) in [6.07, 6.45) is 0. The molecule has 0 bridgehead atoms. The van der Waals surface area contributed by atoms with Gasteiger partial charge in [-0.25, -0.2) is 0 Å². The van der Waals surface area contributed by atoms with Gasteiger partial charge in [0, 0.05) is 22.5 Å². The lowest BCUT2D eigenvalue weighted by Gasteiger charge is -2.09. The molecule has 0 aliphatic heterocycles. The van der Waals surface area contributed by atoms with Crippen LogP contribution in [0.3, 0.4) is 0 Å². The highest BCUT2D eigenvalue weighted by Gasteiger charge is 2.05. The molecular formula is C13H14N2O. The molecule has 0 amide bonds. The Balaban J connectivity index is 2.53. The van der Waals surface area contributed by atoms with E-state index in [-0.39, 0.29) is 6.61 Å². The molecule has 0 aliphatic rings. The number of para-hydroxylation sites is 1. The van der Waals surface area contributed by atoms with E-state index in [4.69, 9.17) is 16.6 Å². The van der Waals surface area contributed by atoms with Crippen LogP contribution in [0.1, 0.15) is 5.56 Å². The number of hydrogen-bond acceptors (Lipinski definition) is 3. The van der Waals surface area contributed by atoms with Gasteiger partial charge in [-0.3, -0.25) is 0 Å². The Morgan fingerprint density at radius 1 is 0.875 bits per heavy atom. The quantitative estimate of drug-likeness (QED) is 0.669. The van der Waals surface area contributed by atoms with Gasteiger partial charge in [-0.2, -0.15) is 0 Å². The van der Waals surface area contributed by atoms with E-state index < -0.39 is 0 Å². The van der Waals surface area contributed by atoms with E-state index >= 15 is 0 Å². The topological polar surface area (TPSA) is 72.3 Å². The zero-order valence-corrected chi connectivity index (χ0v) is 8.85. The summed E-state index contributed by atoms with van der Waals surface area (Å²) in [5.41, 5.74) is 15.8. The average Bonchev–Trinajstić information content (AvgIpc) is 2.30. The second kappa shape index (κ2) is 4.24. The van der Waals surface area contributed by atoms with Crippen molar-refractivity contribution in [1.29, 1.82) is 0 Å². The van der Waals surface area contributed by atoms with Crippen LogP contribution >= 0.6 is 0 Å². The highest BCUT2D eigenvalue weighted by molar-refractivity contribution is 5.84. The monoisotopic (exact) mass is 214 g/mol. The van der Waals surface area contributed by atoms with Crippen molar-refractivity contribution in [2.45, 2.75) is 6.61 Å². The molecule has 0 unspecified atom stereocenters. The summed E-state index contributed by atoms with van der Waals surface area (Å²) in [4.78, 5) is 0. The average molecular weight is 214 g/mol. The molecule has 5 N–H and O–H groups in total.